The molecular formula is C21H27N5O3. The van der Waals surface area contributed by atoms with E-state index in [1.54, 1.807) is 48.1 Å². The van der Waals surface area contributed by atoms with E-state index in [0.29, 0.717) is 24.2 Å². The summed E-state index contributed by atoms with van der Waals surface area (Å²) in [6, 6.07) is 2.89. The lowest BCUT2D eigenvalue weighted by atomic mass is 9.95. The first kappa shape index (κ1) is 20.7. The van der Waals surface area contributed by atoms with E-state index in [4.69, 9.17) is 0 Å². The third kappa shape index (κ3) is 3.80. The van der Waals surface area contributed by atoms with Crippen LogP contribution in [-0.4, -0.2) is 68.5 Å². The lowest BCUT2D eigenvalue weighted by Crippen LogP contribution is -2.32. The molecule has 3 heterocycles. The van der Waals surface area contributed by atoms with Crippen molar-refractivity contribution in [3.63, 3.8) is 0 Å². The molecule has 1 saturated heterocycles. The van der Waals surface area contributed by atoms with Gasteiger partial charge in [-0.15, -0.1) is 0 Å². The largest absolute Gasteiger partial charge is 0.507 e. The SMILES string of the molecule is Cc1nn(C)c(C)c1/C(O)=C1\C(=O)C(=O)N(CCCN(C)C)[C@H]1c1ccncc1. The van der Waals surface area contributed by atoms with Crippen LogP contribution in [0.1, 0.15) is 35.0 Å². The molecule has 0 aromatic carbocycles. The maximum atomic E-state index is 13.0. The van der Waals surface area contributed by atoms with Gasteiger partial charge in [-0.3, -0.25) is 19.3 Å². The van der Waals surface area contributed by atoms with E-state index in [-0.39, 0.29) is 11.3 Å². The Kier molecular flexibility index (Phi) is 5.83. The molecule has 2 aromatic heterocycles. The highest BCUT2D eigenvalue weighted by molar-refractivity contribution is 6.46. The quantitative estimate of drug-likeness (QED) is 0.454. The van der Waals surface area contributed by atoms with Gasteiger partial charge in [-0.2, -0.15) is 5.10 Å². The number of aliphatic hydroxyl groups excluding tert-OH is 1. The van der Waals surface area contributed by atoms with Crippen molar-refractivity contribution in [1.29, 1.82) is 0 Å². The summed E-state index contributed by atoms with van der Waals surface area (Å²) in [6.07, 6.45) is 3.96. The third-order valence-corrected chi connectivity index (χ3v) is 5.31. The van der Waals surface area contributed by atoms with Crippen molar-refractivity contribution in [3.8, 4) is 0 Å². The molecule has 1 amide bonds. The zero-order valence-corrected chi connectivity index (χ0v) is 17.5. The molecule has 1 atom stereocenters. The monoisotopic (exact) mass is 397 g/mol. The molecule has 0 spiro atoms. The summed E-state index contributed by atoms with van der Waals surface area (Å²) < 4.78 is 1.65. The second-order valence-electron chi connectivity index (χ2n) is 7.60. The van der Waals surface area contributed by atoms with Gasteiger partial charge < -0.3 is 14.9 Å². The molecule has 2 aromatic rings. The minimum atomic E-state index is -0.670. The standard InChI is InChI=1S/C21H27N5O3/c1-13-16(14(2)25(5)23-13)19(27)17-18(15-7-9-22-10-8-15)26(21(29)20(17)28)12-6-11-24(3)4/h7-10,18,27H,6,11-12H2,1-5H3/b19-17+/t18-/m0/s1. The fourth-order valence-corrected chi connectivity index (χ4v) is 3.81. The van der Waals surface area contributed by atoms with Crippen molar-refractivity contribution < 1.29 is 14.7 Å². The summed E-state index contributed by atoms with van der Waals surface area (Å²) in [5.41, 5.74) is 2.68. The summed E-state index contributed by atoms with van der Waals surface area (Å²) in [5, 5.41) is 15.5. The molecule has 1 fully saturated rings. The zero-order chi connectivity index (χ0) is 21.3. The summed E-state index contributed by atoms with van der Waals surface area (Å²) >= 11 is 0. The predicted octanol–water partition coefficient (Wildman–Crippen LogP) is 1.81. The Bertz CT molecular complexity index is 962. The number of aliphatic hydroxyl groups is 1. The number of aromatic nitrogens is 3. The number of Topliss-reactive ketones (excluding diaryl/α,β-unsaturated/α-hetero) is 1. The summed E-state index contributed by atoms with van der Waals surface area (Å²) in [6.45, 7) is 4.80. The van der Waals surface area contributed by atoms with Gasteiger partial charge in [-0.1, -0.05) is 0 Å². The Balaban J connectivity index is 2.13. The first-order valence-corrected chi connectivity index (χ1v) is 9.57. The molecule has 0 bridgehead atoms. The number of hydrogen-bond donors (Lipinski definition) is 1. The van der Waals surface area contributed by atoms with Gasteiger partial charge in [-0.25, -0.2) is 0 Å². The molecule has 3 rings (SSSR count). The van der Waals surface area contributed by atoms with Gasteiger partial charge in [0, 0.05) is 31.7 Å². The smallest absolute Gasteiger partial charge is 0.295 e. The molecule has 0 radical (unpaired) electrons. The first-order chi connectivity index (χ1) is 13.7. The molecular weight excluding hydrogens is 370 g/mol. The molecule has 0 aliphatic carbocycles. The molecule has 29 heavy (non-hydrogen) atoms. The number of rotatable bonds is 6. The normalized spacial score (nSPS) is 18.8. The highest BCUT2D eigenvalue weighted by Crippen LogP contribution is 2.40. The van der Waals surface area contributed by atoms with Crippen LogP contribution in [0.2, 0.25) is 0 Å². The molecule has 8 nitrogen and oxygen atoms in total. The summed E-state index contributed by atoms with van der Waals surface area (Å²) in [5.74, 6) is -1.44. The average molecular weight is 397 g/mol. The number of carbonyl (C=O) groups excluding carboxylic acids is 2. The first-order valence-electron chi connectivity index (χ1n) is 9.57. The molecule has 1 aliphatic rings. The van der Waals surface area contributed by atoms with Crippen molar-refractivity contribution in [2.75, 3.05) is 27.2 Å². The Labute approximate surface area is 170 Å². The minimum absolute atomic E-state index is 0.102. The van der Waals surface area contributed by atoms with Crippen molar-refractivity contribution in [3.05, 3.63) is 52.6 Å². The van der Waals surface area contributed by atoms with Crippen LogP contribution in [0, 0.1) is 13.8 Å². The van der Waals surface area contributed by atoms with E-state index in [1.807, 2.05) is 25.9 Å². The van der Waals surface area contributed by atoms with Crippen LogP contribution in [0.4, 0.5) is 0 Å². The Morgan fingerprint density at radius 3 is 2.41 bits per heavy atom. The van der Waals surface area contributed by atoms with Gasteiger partial charge in [0.15, 0.2) is 0 Å². The topological polar surface area (TPSA) is 91.6 Å². The Hall–Kier alpha value is -3.00. The van der Waals surface area contributed by atoms with E-state index in [9.17, 15) is 14.7 Å². The number of likely N-dealkylation sites (tertiary alicyclic amines) is 1. The summed E-state index contributed by atoms with van der Waals surface area (Å²) in [4.78, 5) is 33.5. The van der Waals surface area contributed by atoms with Crippen LogP contribution in [0.5, 0.6) is 0 Å². The van der Waals surface area contributed by atoms with Crippen molar-refractivity contribution in [1.82, 2.24) is 24.6 Å². The van der Waals surface area contributed by atoms with Gasteiger partial charge in [0.2, 0.25) is 0 Å². The fraction of sp³-hybridized carbons (Fsp3) is 0.429. The predicted molar refractivity (Wildman–Crippen MR) is 109 cm³/mol. The number of amides is 1. The van der Waals surface area contributed by atoms with Crippen LogP contribution in [-0.2, 0) is 16.6 Å². The van der Waals surface area contributed by atoms with Gasteiger partial charge in [0.1, 0.15) is 5.76 Å². The maximum absolute atomic E-state index is 13.0. The van der Waals surface area contributed by atoms with Gasteiger partial charge in [0.25, 0.3) is 11.7 Å². The number of aryl methyl sites for hydroxylation is 2. The maximum Gasteiger partial charge on any atom is 0.295 e. The van der Waals surface area contributed by atoms with Crippen LogP contribution >= 0.6 is 0 Å². The van der Waals surface area contributed by atoms with Gasteiger partial charge >= 0.3 is 0 Å². The van der Waals surface area contributed by atoms with E-state index in [1.165, 1.54) is 0 Å². The second-order valence-corrected chi connectivity index (χ2v) is 7.60. The number of nitrogens with zero attached hydrogens (tertiary/aromatic N) is 5. The highest BCUT2D eigenvalue weighted by Gasteiger charge is 2.46. The van der Waals surface area contributed by atoms with Gasteiger partial charge in [-0.05, 0) is 58.6 Å². The summed E-state index contributed by atoms with van der Waals surface area (Å²) in [7, 11) is 5.70. The van der Waals surface area contributed by atoms with Crippen LogP contribution < -0.4 is 0 Å². The number of ketones is 1. The number of pyridine rings is 1. The lowest BCUT2D eigenvalue weighted by Gasteiger charge is -2.25. The van der Waals surface area contributed by atoms with E-state index in [0.717, 1.165) is 17.8 Å². The van der Waals surface area contributed by atoms with Crippen LogP contribution in [0.3, 0.4) is 0 Å². The van der Waals surface area contributed by atoms with Crippen molar-refractivity contribution in [2.45, 2.75) is 26.3 Å². The van der Waals surface area contributed by atoms with Crippen molar-refractivity contribution >= 4 is 17.4 Å². The fourth-order valence-electron chi connectivity index (χ4n) is 3.81. The molecule has 0 saturated carbocycles. The molecule has 154 valence electrons. The lowest BCUT2D eigenvalue weighted by molar-refractivity contribution is -0.139. The molecule has 0 unspecified atom stereocenters. The molecule has 8 heteroatoms. The Morgan fingerprint density at radius 2 is 1.86 bits per heavy atom. The molecule has 1 N–H and O–H groups in total. The average Bonchev–Trinajstić information content (AvgIpc) is 3.08. The minimum Gasteiger partial charge on any atom is -0.507 e. The number of hydrogen-bond acceptors (Lipinski definition) is 6. The third-order valence-electron chi connectivity index (χ3n) is 5.31. The van der Waals surface area contributed by atoms with Crippen molar-refractivity contribution in [2.24, 2.45) is 7.05 Å². The van der Waals surface area contributed by atoms with E-state index < -0.39 is 17.7 Å². The second kappa shape index (κ2) is 8.16. The molecule has 1 aliphatic heterocycles. The zero-order valence-electron chi connectivity index (χ0n) is 17.5. The number of carbonyl (C=O) groups is 2. The highest BCUT2D eigenvalue weighted by atomic mass is 16.3. The Morgan fingerprint density at radius 1 is 1.21 bits per heavy atom. The van der Waals surface area contributed by atoms with Crippen LogP contribution in [0.15, 0.2) is 30.1 Å². The van der Waals surface area contributed by atoms with E-state index in [2.05, 4.69) is 10.1 Å². The van der Waals surface area contributed by atoms with Gasteiger partial charge in [0.05, 0.1) is 22.9 Å². The van der Waals surface area contributed by atoms with E-state index >= 15 is 0 Å². The van der Waals surface area contributed by atoms with Crippen LogP contribution in [0.25, 0.3) is 5.76 Å².